The molecular weight excluding hydrogens is 208 g/mol. The van der Waals surface area contributed by atoms with Crippen molar-refractivity contribution in [3.63, 3.8) is 0 Å². The number of aromatic nitrogens is 2. The zero-order chi connectivity index (χ0) is 11.5. The first-order chi connectivity index (χ1) is 7.72. The molecule has 0 atom stereocenters. The lowest BCUT2D eigenvalue weighted by Gasteiger charge is -2.20. The molecule has 1 fully saturated rings. The van der Waals surface area contributed by atoms with Gasteiger partial charge in [-0.05, 0) is 18.9 Å². The van der Waals surface area contributed by atoms with Gasteiger partial charge in [0.25, 0.3) is 11.5 Å². The maximum Gasteiger partial charge on any atom is 0.274 e. The van der Waals surface area contributed by atoms with Crippen LogP contribution in [0.2, 0.25) is 0 Å². The van der Waals surface area contributed by atoms with Crippen LogP contribution in [0.3, 0.4) is 0 Å². The number of hydrogen-bond donors (Lipinski definition) is 2. The third-order valence-corrected chi connectivity index (χ3v) is 2.52. The molecule has 1 aliphatic carbocycles. The fourth-order valence-corrected chi connectivity index (χ4v) is 1.59. The molecule has 1 heterocycles. The number of nitrogens with one attached hydrogen (secondary N) is 1. The second kappa shape index (κ2) is 4.44. The first-order valence-electron chi connectivity index (χ1n) is 5.29. The monoisotopic (exact) mass is 222 g/mol. The van der Waals surface area contributed by atoms with Crippen molar-refractivity contribution in [2.45, 2.75) is 18.9 Å². The maximum absolute atomic E-state index is 12.0. The largest absolute Gasteiger partial charge is 0.333 e. The van der Waals surface area contributed by atoms with Crippen LogP contribution in [0.15, 0.2) is 16.9 Å². The van der Waals surface area contributed by atoms with Crippen LogP contribution in [0.25, 0.3) is 0 Å². The highest BCUT2D eigenvalue weighted by atomic mass is 16.2. The lowest BCUT2D eigenvalue weighted by atomic mass is 10.3. The van der Waals surface area contributed by atoms with Crippen molar-refractivity contribution < 1.29 is 4.79 Å². The van der Waals surface area contributed by atoms with Gasteiger partial charge in [0.1, 0.15) is 5.69 Å². The molecule has 86 valence electrons. The van der Waals surface area contributed by atoms with Crippen LogP contribution >= 0.6 is 0 Å². The number of amides is 1. The quantitative estimate of drug-likeness (QED) is 0.707. The molecule has 6 heteroatoms. The number of H-pyrrole nitrogens is 1. The highest BCUT2D eigenvalue weighted by molar-refractivity contribution is 5.92. The van der Waals surface area contributed by atoms with Gasteiger partial charge in [0, 0.05) is 25.2 Å². The van der Waals surface area contributed by atoms with Gasteiger partial charge in [0.2, 0.25) is 0 Å². The minimum atomic E-state index is -0.312. The molecule has 0 spiro atoms. The molecule has 1 aliphatic rings. The number of nitrogens with zero attached hydrogens (tertiary/aromatic N) is 2. The normalized spacial score (nSPS) is 14.8. The van der Waals surface area contributed by atoms with Crippen molar-refractivity contribution in [2.75, 3.05) is 13.1 Å². The predicted molar refractivity (Wildman–Crippen MR) is 58.0 cm³/mol. The van der Waals surface area contributed by atoms with Crippen molar-refractivity contribution >= 4 is 5.91 Å². The third kappa shape index (κ3) is 2.27. The number of carbonyl (C=O) groups is 1. The Kier molecular flexibility index (Phi) is 3.00. The molecule has 0 saturated heterocycles. The summed E-state index contributed by atoms with van der Waals surface area (Å²) in [6.45, 7) is 0.968. The minimum absolute atomic E-state index is 0.163. The number of hydrogen-bond acceptors (Lipinski definition) is 4. The van der Waals surface area contributed by atoms with Crippen molar-refractivity contribution in [3.05, 3.63) is 28.2 Å². The van der Waals surface area contributed by atoms with Gasteiger partial charge in [0.05, 0.1) is 0 Å². The lowest BCUT2D eigenvalue weighted by Crippen LogP contribution is -2.37. The molecule has 16 heavy (non-hydrogen) atoms. The van der Waals surface area contributed by atoms with Crippen molar-refractivity contribution in [3.8, 4) is 0 Å². The van der Waals surface area contributed by atoms with E-state index in [1.807, 2.05) is 0 Å². The minimum Gasteiger partial charge on any atom is -0.333 e. The zero-order valence-corrected chi connectivity index (χ0v) is 8.85. The summed E-state index contributed by atoms with van der Waals surface area (Å²) in [4.78, 5) is 24.6. The van der Waals surface area contributed by atoms with E-state index in [0.29, 0.717) is 19.1 Å². The van der Waals surface area contributed by atoms with E-state index >= 15 is 0 Å². The molecule has 1 saturated carbocycles. The lowest BCUT2D eigenvalue weighted by molar-refractivity contribution is 0.0741. The number of carbonyl (C=O) groups excluding carboxylic acids is 1. The molecule has 6 nitrogen and oxygen atoms in total. The van der Waals surface area contributed by atoms with Crippen LogP contribution in [0, 0.1) is 0 Å². The van der Waals surface area contributed by atoms with Crippen LogP contribution in [0.5, 0.6) is 0 Å². The van der Waals surface area contributed by atoms with Crippen LogP contribution in [0.1, 0.15) is 23.3 Å². The number of rotatable bonds is 4. The Labute approximate surface area is 92.4 Å². The predicted octanol–water partition coefficient (Wildman–Crippen LogP) is -0.667. The molecule has 1 aromatic rings. The average Bonchev–Trinajstić information content (AvgIpc) is 3.10. The average molecular weight is 222 g/mol. The van der Waals surface area contributed by atoms with Gasteiger partial charge < -0.3 is 10.6 Å². The van der Waals surface area contributed by atoms with Gasteiger partial charge in [-0.2, -0.15) is 5.10 Å². The third-order valence-electron chi connectivity index (χ3n) is 2.52. The molecule has 1 amide bonds. The van der Waals surface area contributed by atoms with Crippen molar-refractivity contribution in [1.29, 1.82) is 0 Å². The van der Waals surface area contributed by atoms with E-state index < -0.39 is 0 Å². The molecule has 0 bridgehead atoms. The molecular formula is C10H14N4O2. The van der Waals surface area contributed by atoms with E-state index in [1.54, 1.807) is 4.90 Å². The van der Waals surface area contributed by atoms with Crippen molar-refractivity contribution in [1.82, 2.24) is 15.1 Å². The summed E-state index contributed by atoms with van der Waals surface area (Å²) in [6, 6.07) is 3.03. The first-order valence-corrected chi connectivity index (χ1v) is 5.29. The summed E-state index contributed by atoms with van der Waals surface area (Å²) in [5.41, 5.74) is 5.41. The first kappa shape index (κ1) is 10.8. The molecule has 0 aliphatic heterocycles. The fourth-order valence-electron chi connectivity index (χ4n) is 1.59. The summed E-state index contributed by atoms with van der Waals surface area (Å²) in [5, 5.41) is 5.97. The summed E-state index contributed by atoms with van der Waals surface area (Å²) in [5.74, 6) is -0.163. The Balaban J connectivity index is 2.15. The maximum atomic E-state index is 12.0. The van der Waals surface area contributed by atoms with E-state index in [-0.39, 0.29) is 17.2 Å². The Morgan fingerprint density at radius 2 is 2.31 bits per heavy atom. The van der Waals surface area contributed by atoms with Gasteiger partial charge in [-0.3, -0.25) is 9.59 Å². The SMILES string of the molecule is NCCN(C(=O)c1ccc(=O)[nH]n1)C1CC1. The van der Waals surface area contributed by atoms with Crippen LogP contribution in [-0.2, 0) is 0 Å². The van der Waals surface area contributed by atoms with Gasteiger partial charge in [-0.1, -0.05) is 0 Å². The highest BCUT2D eigenvalue weighted by Gasteiger charge is 2.32. The van der Waals surface area contributed by atoms with E-state index in [0.717, 1.165) is 12.8 Å². The Hall–Kier alpha value is -1.69. The van der Waals surface area contributed by atoms with E-state index in [9.17, 15) is 9.59 Å². The molecule has 1 aromatic heterocycles. The van der Waals surface area contributed by atoms with Gasteiger partial charge in [-0.15, -0.1) is 0 Å². The molecule has 0 unspecified atom stereocenters. The van der Waals surface area contributed by atoms with Gasteiger partial charge in [-0.25, -0.2) is 5.10 Å². The van der Waals surface area contributed by atoms with Crippen LogP contribution in [0.4, 0.5) is 0 Å². The second-order valence-electron chi connectivity index (χ2n) is 3.82. The smallest absolute Gasteiger partial charge is 0.274 e. The van der Waals surface area contributed by atoms with E-state index in [2.05, 4.69) is 10.2 Å². The Morgan fingerprint density at radius 3 is 2.81 bits per heavy atom. The Morgan fingerprint density at radius 1 is 1.56 bits per heavy atom. The summed E-state index contributed by atoms with van der Waals surface area (Å²) in [7, 11) is 0. The molecule has 0 aromatic carbocycles. The Bertz CT molecular complexity index is 418. The fraction of sp³-hybridized carbons (Fsp3) is 0.500. The van der Waals surface area contributed by atoms with Crippen LogP contribution in [-0.4, -0.2) is 40.1 Å². The topological polar surface area (TPSA) is 92.1 Å². The summed E-state index contributed by atoms with van der Waals surface area (Å²) < 4.78 is 0. The van der Waals surface area contributed by atoms with Gasteiger partial charge >= 0.3 is 0 Å². The van der Waals surface area contributed by atoms with Crippen LogP contribution < -0.4 is 11.3 Å². The van der Waals surface area contributed by atoms with E-state index in [1.165, 1.54) is 12.1 Å². The summed E-state index contributed by atoms with van der Waals surface area (Å²) in [6.07, 6.45) is 2.05. The number of aromatic amines is 1. The zero-order valence-electron chi connectivity index (χ0n) is 8.85. The summed E-state index contributed by atoms with van der Waals surface area (Å²) >= 11 is 0. The molecule has 2 rings (SSSR count). The molecule has 3 N–H and O–H groups in total. The van der Waals surface area contributed by atoms with Gasteiger partial charge in [0.15, 0.2) is 0 Å². The standard InChI is InChI=1S/C10H14N4O2/c11-5-6-14(7-1-2-7)10(16)8-3-4-9(15)13-12-8/h3-4,7H,1-2,5-6,11H2,(H,13,15). The van der Waals surface area contributed by atoms with E-state index in [4.69, 9.17) is 5.73 Å². The van der Waals surface area contributed by atoms with Crippen molar-refractivity contribution in [2.24, 2.45) is 5.73 Å². The second-order valence-corrected chi connectivity index (χ2v) is 3.82. The highest BCUT2D eigenvalue weighted by Crippen LogP contribution is 2.27. The molecule has 0 radical (unpaired) electrons. The number of nitrogens with two attached hydrogens (primary N) is 1.